The van der Waals surface area contributed by atoms with E-state index in [2.05, 4.69) is 27.8 Å². The molecule has 7 nitrogen and oxygen atoms in total. The molecule has 0 aliphatic carbocycles. The second-order valence-corrected chi connectivity index (χ2v) is 6.03. The Kier molecular flexibility index (Phi) is 5.46. The second-order valence-electron chi connectivity index (χ2n) is 6.03. The number of amides is 2. The van der Waals surface area contributed by atoms with E-state index in [1.54, 1.807) is 12.4 Å². The first-order valence-corrected chi connectivity index (χ1v) is 8.28. The van der Waals surface area contributed by atoms with E-state index < -0.39 is 0 Å². The number of nitrogens with one attached hydrogen (secondary N) is 2. The smallest absolute Gasteiger partial charge is 0.319 e. The molecule has 2 N–H and O–H groups in total. The first-order chi connectivity index (χ1) is 12.2. The maximum atomic E-state index is 12.2. The van der Waals surface area contributed by atoms with Crippen LogP contribution in [0.3, 0.4) is 0 Å². The highest BCUT2D eigenvalue weighted by atomic mass is 16.2. The molecule has 0 aliphatic heterocycles. The van der Waals surface area contributed by atoms with Crippen molar-refractivity contribution >= 4 is 11.7 Å². The third kappa shape index (κ3) is 4.94. The minimum atomic E-state index is -0.208. The summed E-state index contributed by atoms with van der Waals surface area (Å²) in [5.41, 5.74) is 1.79. The number of carbonyl (C=O) groups is 1. The number of carbonyl (C=O) groups excluding carboxylic acids is 1. The highest BCUT2D eigenvalue weighted by molar-refractivity contribution is 5.90. The molecule has 3 rings (SSSR count). The number of hydrogen-bond acceptors (Lipinski definition) is 3. The summed E-state index contributed by atoms with van der Waals surface area (Å²) in [7, 11) is 0. The van der Waals surface area contributed by atoms with Crippen LogP contribution in [0.1, 0.15) is 12.5 Å². The predicted molar refractivity (Wildman–Crippen MR) is 96.2 cm³/mol. The zero-order valence-corrected chi connectivity index (χ0v) is 14.2. The van der Waals surface area contributed by atoms with Crippen LogP contribution in [-0.2, 0) is 13.1 Å². The topological polar surface area (TPSA) is 76.8 Å². The molecule has 0 radical (unpaired) electrons. The Balaban J connectivity index is 1.52. The van der Waals surface area contributed by atoms with Crippen LogP contribution in [0.5, 0.6) is 0 Å². The summed E-state index contributed by atoms with van der Waals surface area (Å²) in [5.74, 6) is 0.282. The lowest BCUT2D eigenvalue weighted by atomic mass is 10.1. The Hall–Kier alpha value is -3.09. The lowest BCUT2D eigenvalue weighted by Gasteiger charge is -2.15. The number of hydrogen-bond donors (Lipinski definition) is 2. The van der Waals surface area contributed by atoms with Gasteiger partial charge in [0.25, 0.3) is 0 Å². The highest BCUT2D eigenvalue weighted by Crippen LogP contribution is 2.16. The van der Waals surface area contributed by atoms with E-state index in [0.29, 0.717) is 13.1 Å². The Morgan fingerprint density at radius 3 is 2.52 bits per heavy atom. The Morgan fingerprint density at radius 1 is 1.08 bits per heavy atom. The number of anilines is 1. The number of nitrogens with zero attached hydrogens (tertiary/aromatic N) is 4. The summed E-state index contributed by atoms with van der Waals surface area (Å²) in [5, 5.41) is 14.2. The zero-order valence-electron chi connectivity index (χ0n) is 14.2. The molecule has 1 aromatic carbocycles. The molecule has 2 amide bonds. The van der Waals surface area contributed by atoms with Gasteiger partial charge in [-0.2, -0.15) is 10.2 Å². The van der Waals surface area contributed by atoms with Crippen molar-refractivity contribution < 1.29 is 4.79 Å². The molecule has 25 heavy (non-hydrogen) atoms. The van der Waals surface area contributed by atoms with Crippen LogP contribution in [-0.4, -0.2) is 32.1 Å². The van der Waals surface area contributed by atoms with Crippen LogP contribution in [0.15, 0.2) is 61.2 Å². The molecule has 0 fully saturated rings. The van der Waals surface area contributed by atoms with Crippen molar-refractivity contribution in [2.45, 2.75) is 20.0 Å². The molecule has 2 heterocycles. The lowest BCUT2D eigenvalue weighted by molar-refractivity contribution is 0.249. The van der Waals surface area contributed by atoms with Gasteiger partial charge in [-0.25, -0.2) is 4.79 Å². The molecule has 7 heteroatoms. The van der Waals surface area contributed by atoms with Crippen molar-refractivity contribution in [1.29, 1.82) is 0 Å². The van der Waals surface area contributed by atoms with E-state index in [0.717, 1.165) is 17.8 Å². The quantitative estimate of drug-likeness (QED) is 0.695. The average molecular weight is 338 g/mol. The maximum Gasteiger partial charge on any atom is 0.319 e. The number of para-hydroxylation sites is 1. The van der Waals surface area contributed by atoms with E-state index in [9.17, 15) is 4.79 Å². The van der Waals surface area contributed by atoms with E-state index in [1.165, 1.54) is 0 Å². The molecule has 2 aromatic heterocycles. The molecule has 0 saturated carbocycles. The molecule has 1 atom stereocenters. The lowest BCUT2D eigenvalue weighted by Crippen LogP contribution is -2.33. The van der Waals surface area contributed by atoms with Crippen molar-refractivity contribution in [3.05, 3.63) is 66.7 Å². The third-order valence-electron chi connectivity index (χ3n) is 3.83. The molecule has 0 aliphatic rings. The van der Waals surface area contributed by atoms with Crippen molar-refractivity contribution in [2.24, 2.45) is 5.92 Å². The van der Waals surface area contributed by atoms with Crippen LogP contribution < -0.4 is 10.6 Å². The molecular weight excluding hydrogens is 316 g/mol. The predicted octanol–water partition coefficient (Wildman–Crippen LogP) is 2.59. The summed E-state index contributed by atoms with van der Waals surface area (Å²) in [4.78, 5) is 12.2. The molecular formula is C18H22N6O. The first-order valence-electron chi connectivity index (χ1n) is 8.28. The first kappa shape index (κ1) is 16.8. The monoisotopic (exact) mass is 338 g/mol. The number of rotatable bonds is 7. The minimum absolute atomic E-state index is 0.208. The minimum Gasteiger partial charge on any atom is -0.338 e. The second kappa shape index (κ2) is 8.14. The van der Waals surface area contributed by atoms with E-state index in [4.69, 9.17) is 0 Å². The summed E-state index contributed by atoms with van der Waals surface area (Å²) in [6, 6.07) is 11.3. The molecule has 0 spiro atoms. The summed E-state index contributed by atoms with van der Waals surface area (Å²) < 4.78 is 3.69. The van der Waals surface area contributed by atoms with Crippen molar-refractivity contribution in [1.82, 2.24) is 24.9 Å². The van der Waals surface area contributed by atoms with Gasteiger partial charge in [0.05, 0.1) is 6.54 Å². The van der Waals surface area contributed by atoms with Crippen LogP contribution in [0.2, 0.25) is 0 Å². The zero-order chi connectivity index (χ0) is 17.5. The Bertz CT molecular complexity index is 782. The third-order valence-corrected chi connectivity index (χ3v) is 3.83. The van der Waals surface area contributed by atoms with Gasteiger partial charge in [0, 0.05) is 43.6 Å². The fraction of sp³-hybridized carbons (Fsp3) is 0.278. The number of benzene rings is 1. The molecule has 0 saturated heterocycles. The van der Waals surface area contributed by atoms with Crippen LogP contribution >= 0.6 is 0 Å². The molecule has 130 valence electrons. The van der Waals surface area contributed by atoms with Crippen LogP contribution in [0.25, 0.3) is 0 Å². The van der Waals surface area contributed by atoms with Gasteiger partial charge in [0.1, 0.15) is 0 Å². The van der Waals surface area contributed by atoms with E-state index in [-0.39, 0.29) is 11.9 Å². The summed E-state index contributed by atoms with van der Waals surface area (Å²) >= 11 is 0. The standard InChI is InChI=1S/C18H22N6O/c1-15(13-23-10-4-8-20-23)12-19-18(25)22-17-7-3-2-6-16(17)14-24-11-5-9-21-24/h2-11,15H,12-14H2,1H3,(H2,19,22,25). The molecule has 0 bridgehead atoms. The van der Waals surface area contributed by atoms with E-state index >= 15 is 0 Å². The largest absolute Gasteiger partial charge is 0.338 e. The van der Waals surface area contributed by atoms with Crippen LogP contribution in [0.4, 0.5) is 10.5 Å². The van der Waals surface area contributed by atoms with Gasteiger partial charge in [0.2, 0.25) is 0 Å². The SMILES string of the molecule is CC(CNC(=O)Nc1ccccc1Cn1cccn1)Cn1cccn1. The Labute approximate surface area is 146 Å². The van der Waals surface area contributed by atoms with Crippen molar-refractivity contribution in [3.8, 4) is 0 Å². The van der Waals surface area contributed by atoms with Gasteiger partial charge in [-0.15, -0.1) is 0 Å². The number of urea groups is 1. The Morgan fingerprint density at radius 2 is 1.80 bits per heavy atom. The van der Waals surface area contributed by atoms with Gasteiger partial charge in [-0.1, -0.05) is 25.1 Å². The highest BCUT2D eigenvalue weighted by Gasteiger charge is 2.09. The average Bonchev–Trinajstić information content (AvgIpc) is 3.29. The van der Waals surface area contributed by atoms with Gasteiger partial charge >= 0.3 is 6.03 Å². The van der Waals surface area contributed by atoms with Gasteiger partial charge in [-0.05, 0) is 29.7 Å². The van der Waals surface area contributed by atoms with Crippen molar-refractivity contribution in [3.63, 3.8) is 0 Å². The van der Waals surface area contributed by atoms with Crippen molar-refractivity contribution in [2.75, 3.05) is 11.9 Å². The molecule has 1 unspecified atom stereocenters. The van der Waals surface area contributed by atoms with Crippen LogP contribution in [0, 0.1) is 5.92 Å². The molecule has 3 aromatic rings. The summed E-state index contributed by atoms with van der Waals surface area (Å²) in [6.45, 7) is 4.03. The fourth-order valence-corrected chi connectivity index (χ4v) is 2.57. The normalized spacial score (nSPS) is 11.9. The fourth-order valence-electron chi connectivity index (χ4n) is 2.57. The van der Waals surface area contributed by atoms with Gasteiger partial charge in [0.15, 0.2) is 0 Å². The summed E-state index contributed by atoms with van der Waals surface area (Å²) in [6.07, 6.45) is 7.31. The number of aromatic nitrogens is 4. The van der Waals surface area contributed by atoms with Gasteiger partial charge < -0.3 is 10.6 Å². The van der Waals surface area contributed by atoms with Gasteiger partial charge in [-0.3, -0.25) is 9.36 Å². The maximum absolute atomic E-state index is 12.2. The van der Waals surface area contributed by atoms with E-state index in [1.807, 2.05) is 58.2 Å².